The number of halogens is 1. The molecule has 0 radical (unpaired) electrons. The molecule has 0 amide bonds. The largest absolute Gasteiger partial charge is 0.504 e. The van der Waals surface area contributed by atoms with Gasteiger partial charge in [0.25, 0.3) is 0 Å². The summed E-state index contributed by atoms with van der Waals surface area (Å²) in [7, 11) is 3.29. The Morgan fingerprint density at radius 2 is 1.42 bits per heavy atom. The molecule has 2 rings (SSSR count). The van der Waals surface area contributed by atoms with Gasteiger partial charge < -0.3 is 9.47 Å². The Labute approximate surface area is 118 Å². The van der Waals surface area contributed by atoms with E-state index in [1.54, 1.807) is 20.5 Å². The normalized spacial score (nSPS) is 11.2. The van der Waals surface area contributed by atoms with Gasteiger partial charge in [-0.15, -0.1) is 0 Å². The average molecular weight is 275 g/mol. The first-order valence-corrected chi connectivity index (χ1v) is 6.25. The Kier molecular flexibility index (Phi) is 4.48. The van der Waals surface area contributed by atoms with Gasteiger partial charge in [0.1, 0.15) is 5.75 Å². The molecule has 0 atom stereocenters. The molecule has 0 unspecified atom stereocenters. The minimum atomic E-state index is 0.718. The van der Waals surface area contributed by atoms with E-state index in [0.29, 0.717) is 0 Å². The quantitative estimate of drug-likeness (QED) is 0.770. The van der Waals surface area contributed by atoms with Crippen LogP contribution in [0.25, 0.3) is 5.57 Å². The van der Waals surface area contributed by atoms with Crippen LogP contribution in [0.3, 0.4) is 0 Å². The van der Waals surface area contributed by atoms with Crippen LogP contribution in [0.1, 0.15) is 11.1 Å². The van der Waals surface area contributed by atoms with Gasteiger partial charge in [-0.2, -0.15) is 0 Å². The number of hydrogen-bond acceptors (Lipinski definition) is 2. The summed E-state index contributed by atoms with van der Waals surface area (Å²) in [5.41, 5.74) is 3.11. The van der Waals surface area contributed by atoms with E-state index in [4.69, 9.17) is 21.1 Å². The standard InChI is InChI=1S/C16H15ClO2/c1-18-11-16(12-3-7-14(17)8-4-12)13-5-9-15(19-2)10-6-13/h3-11H,1-2H3/b16-11-. The third-order valence-electron chi connectivity index (χ3n) is 2.79. The van der Waals surface area contributed by atoms with Gasteiger partial charge in [0.2, 0.25) is 0 Å². The van der Waals surface area contributed by atoms with Crippen LogP contribution in [-0.4, -0.2) is 14.2 Å². The number of hydrogen-bond donors (Lipinski definition) is 0. The van der Waals surface area contributed by atoms with Crippen molar-refractivity contribution in [1.29, 1.82) is 0 Å². The first kappa shape index (κ1) is 13.5. The molecule has 2 aromatic rings. The summed E-state index contributed by atoms with van der Waals surface area (Å²) in [6, 6.07) is 15.5. The highest BCUT2D eigenvalue weighted by atomic mass is 35.5. The summed E-state index contributed by atoms with van der Waals surface area (Å²) in [6.07, 6.45) is 1.73. The van der Waals surface area contributed by atoms with E-state index in [1.807, 2.05) is 48.5 Å². The van der Waals surface area contributed by atoms with E-state index in [1.165, 1.54) is 0 Å². The molecule has 0 N–H and O–H groups in total. The lowest BCUT2D eigenvalue weighted by molar-refractivity contribution is 0.340. The zero-order valence-electron chi connectivity index (χ0n) is 10.9. The summed E-state index contributed by atoms with van der Waals surface area (Å²) >= 11 is 5.91. The minimum Gasteiger partial charge on any atom is -0.504 e. The molecule has 0 aliphatic heterocycles. The van der Waals surface area contributed by atoms with Crippen LogP contribution in [0.5, 0.6) is 5.75 Å². The highest BCUT2D eigenvalue weighted by molar-refractivity contribution is 6.30. The van der Waals surface area contributed by atoms with E-state index in [-0.39, 0.29) is 0 Å². The van der Waals surface area contributed by atoms with Gasteiger partial charge in [0, 0.05) is 10.6 Å². The number of ether oxygens (including phenoxy) is 2. The van der Waals surface area contributed by atoms with Crippen LogP contribution in [0.2, 0.25) is 5.02 Å². The predicted octanol–water partition coefficient (Wildman–Crippen LogP) is 4.38. The van der Waals surface area contributed by atoms with E-state index >= 15 is 0 Å². The fourth-order valence-electron chi connectivity index (χ4n) is 1.82. The summed E-state index contributed by atoms with van der Waals surface area (Å²) in [5, 5.41) is 0.718. The monoisotopic (exact) mass is 274 g/mol. The first-order valence-electron chi connectivity index (χ1n) is 5.88. The second-order valence-corrected chi connectivity index (χ2v) is 4.44. The molecule has 0 aromatic heterocycles. The highest BCUT2D eigenvalue weighted by Gasteiger charge is 2.06. The third-order valence-corrected chi connectivity index (χ3v) is 3.04. The molecule has 2 aromatic carbocycles. The molecule has 0 spiro atoms. The van der Waals surface area contributed by atoms with Crippen LogP contribution in [-0.2, 0) is 4.74 Å². The molecule has 0 fully saturated rings. The molecule has 0 aliphatic rings. The maximum Gasteiger partial charge on any atom is 0.118 e. The van der Waals surface area contributed by atoms with Crippen molar-refractivity contribution >= 4 is 17.2 Å². The van der Waals surface area contributed by atoms with E-state index in [9.17, 15) is 0 Å². The zero-order chi connectivity index (χ0) is 13.7. The lowest BCUT2D eigenvalue weighted by atomic mass is 9.99. The van der Waals surface area contributed by atoms with Crippen molar-refractivity contribution in [3.05, 3.63) is 70.9 Å². The lowest BCUT2D eigenvalue weighted by Crippen LogP contribution is -1.90. The molecule has 0 saturated carbocycles. The molecule has 3 heteroatoms. The second kappa shape index (κ2) is 6.30. The van der Waals surface area contributed by atoms with Crippen molar-refractivity contribution in [2.24, 2.45) is 0 Å². The van der Waals surface area contributed by atoms with Crippen LogP contribution < -0.4 is 4.74 Å². The van der Waals surface area contributed by atoms with Crippen LogP contribution in [0, 0.1) is 0 Å². The maximum absolute atomic E-state index is 5.91. The summed E-state index contributed by atoms with van der Waals surface area (Å²) < 4.78 is 10.3. The molecule has 0 heterocycles. The Morgan fingerprint density at radius 1 is 0.895 bits per heavy atom. The summed E-state index contributed by atoms with van der Waals surface area (Å²) in [6.45, 7) is 0. The molecule has 19 heavy (non-hydrogen) atoms. The van der Waals surface area contributed by atoms with E-state index < -0.39 is 0 Å². The van der Waals surface area contributed by atoms with Gasteiger partial charge in [0.15, 0.2) is 0 Å². The SMILES string of the molecule is CO/C=C(/c1ccc(Cl)cc1)c1ccc(OC)cc1. The van der Waals surface area contributed by atoms with Crippen molar-refractivity contribution in [2.45, 2.75) is 0 Å². The smallest absolute Gasteiger partial charge is 0.118 e. The van der Waals surface area contributed by atoms with Crippen LogP contribution >= 0.6 is 11.6 Å². The van der Waals surface area contributed by atoms with Crippen LogP contribution in [0.15, 0.2) is 54.8 Å². The summed E-state index contributed by atoms with van der Waals surface area (Å²) in [5.74, 6) is 0.830. The van der Waals surface area contributed by atoms with Crippen LogP contribution in [0.4, 0.5) is 0 Å². The highest BCUT2D eigenvalue weighted by Crippen LogP contribution is 2.26. The van der Waals surface area contributed by atoms with Gasteiger partial charge in [0.05, 0.1) is 20.5 Å². The van der Waals surface area contributed by atoms with Crippen molar-refractivity contribution < 1.29 is 9.47 Å². The third kappa shape index (κ3) is 3.30. The van der Waals surface area contributed by atoms with E-state index in [2.05, 4.69) is 0 Å². The van der Waals surface area contributed by atoms with Crippen molar-refractivity contribution in [1.82, 2.24) is 0 Å². The Balaban J connectivity index is 2.39. The number of methoxy groups -OCH3 is 2. The fraction of sp³-hybridized carbons (Fsp3) is 0.125. The molecule has 98 valence electrons. The number of rotatable bonds is 4. The van der Waals surface area contributed by atoms with Gasteiger partial charge in [-0.1, -0.05) is 35.9 Å². The molecule has 0 saturated heterocycles. The van der Waals surface area contributed by atoms with Crippen molar-refractivity contribution in [2.75, 3.05) is 14.2 Å². The molecule has 0 bridgehead atoms. The zero-order valence-corrected chi connectivity index (χ0v) is 11.6. The van der Waals surface area contributed by atoms with Gasteiger partial charge in [-0.3, -0.25) is 0 Å². The number of benzene rings is 2. The Hall–Kier alpha value is -1.93. The Bertz CT molecular complexity index is 556. The molecule has 0 aliphatic carbocycles. The van der Waals surface area contributed by atoms with Crippen molar-refractivity contribution in [3.63, 3.8) is 0 Å². The molecule has 2 nitrogen and oxygen atoms in total. The Morgan fingerprint density at radius 3 is 1.89 bits per heavy atom. The first-order chi connectivity index (χ1) is 9.24. The average Bonchev–Trinajstić information content (AvgIpc) is 2.46. The lowest BCUT2D eigenvalue weighted by Gasteiger charge is -2.09. The van der Waals surface area contributed by atoms with Gasteiger partial charge >= 0.3 is 0 Å². The fourth-order valence-corrected chi connectivity index (χ4v) is 1.95. The molecular formula is C16H15ClO2. The predicted molar refractivity (Wildman–Crippen MR) is 78.5 cm³/mol. The van der Waals surface area contributed by atoms with Gasteiger partial charge in [-0.25, -0.2) is 0 Å². The second-order valence-electron chi connectivity index (χ2n) is 4.00. The molecular weight excluding hydrogens is 260 g/mol. The summed E-state index contributed by atoms with van der Waals surface area (Å²) in [4.78, 5) is 0. The van der Waals surface area contributed by atoms with Gasteiger partial charge in [-0.05, 0) is 35.4 Å². The maximum atomic E-state index is 5.91. The van der Waals surface area contributed by atoms with E-state index in [0.717, 1.165) is 27.5 Å². The van der Waals surface area contributed by atoms with Crippen molar-refractivity contribution in [3.8, 4) is 5.75 Å². The topological polar surface area (TPSA) is 18.5 Å². The minimum absolute atomic E-state index is 0.718.